The van der Waals surface area contributed by atoms with Crippen LogP contribution in [0.1, 0.15) is 72.1 Å². The van der Waals surface area contributed by atoms with Crippen LogP contribution in [0.5, 0.6) is 0 Å². The summed E-state index contributed by atoms with van der Waals surface area (Å²) in [5.74, 6) is 2.18. The third kappa shape index (κ3) is 7.07. The zero-order valence-electron chi connectivity index (χ0n) is 22.4. The van der Waals surface area contributed by atoms with Gasteiger partial charge < -0.3 is 20.9 Å². The number of carbonyl (C=O) groups is 2. The summed E-state index contributed by atoms with van der Waals surface area (Å²) < 4.78 is 0. The predicted octanol–water partition coefficient (Wildman–Crippen LogP) is 1.71. The van der Waals surface area contributed by atoms with Gasteiger partial charge in [-0.2, -0.15) is 0 Å². The van der Waals surface area contributed by atoms with Gasteiger partial charge in [0.1, 0.15) is 6.17 Å². The molecular weight excluding hydrogens is 438 g/mol. The van der Waals surface area contributed by atoms with E-state index in [1.54, 1.807) is 0 Å². The highest BCUT2D eigenvalue weighted by Gasteiger charge is 2.35. The van der Waals surface area contributed by atoms with Crippen molar-refractivity contribution < 1.29 is 14.9 Å². The molecule has 35 heavy (non-hydrogen) atoms. The molecule has 0 aromatic heterocycles. The summed E-state index contributed by atoms with van der Waals surface area (Å²) in [7, 11) is 0. The van der Waals surface area contributed by atoms with Crippen LogP contribution in [-0.2, 0) is 9.59 Å². The summed E-state index contributed by atoms with van der Waals surface area (Å²) >= 11 is 0. The maximum absolute atomic E-state index is 13.3. The first-order chi connectivity index (χ1) is 16.9. The van der Waals surface area contributed by atoms with E-state index in [-0.39, 0.29) is 11.9 Å². The van der Waals surface area contributed by atoms with Crippen LogP contribution in [0.2, 0.25) is 0 Å². The fraction of sp³-hybridized carbons (Fsp3) is 0.857. The summed E-state index contributed by atoms with van der Waals surface area (Å²) in [6.45, 7) is 13.4. The third-order valence-electron chi connectivity index (χ3n) is 9.17. The average Bonchev–Trinajstić information content (AvgIpc) is 2.89. The molecule has 5 unspecified atom stereocenters. The van der Waals surface area contributed by atoms with Crippen LogP contribution in [0, 0.1) is 23.7 Å². The predicted molar refractivity (Wildman–Crippen MR) is 140 cm³/mol. The van der Waals surface area contributed by atoms with Crippen LogP contribution in [0.4, 0.5) is 0 Å². The Hall–Kier alpha value is -1.44. The third-order valence-corrected chi connectivity index (χ3v) is 9.17. The molecule has 7 heteroatoms. The molecule has 1 aliphatic carbocycles. The lowest BCUT2D eigenvalue weighted by Gasteiger charge is -2.40. The number of hydrogen-bond acceptors (Lipinski definition) is 4. The number of piperazine rings is 1. The van der Waals surface area contributed by atoms with E-state index in [0.29, 0.717) is 48.7 Å². The van der Waals surface area contributed by atoms with Crippen molar-refractivity contribution in [2.45, 2.75) is 84.3 Å². The molecule has 3 fully saturated rings. The van der Waals surface area contributed by atoms with E-state index in [9.17, 15) is 9.59 Å². The molecule has 3 heterocycles. The molecule has 4 N–H and O–H groups in total. The van der Waals surface area contributed by atoms with Crippen molar-refractivity contribution in [3.63, 3.8) is 0 Å². The van der Waals surface area contributed by atoms with Crippen molar-refractivity contribution in [2.75, 3.05) is 45.8 Å². The van der Waals surface area contributed by atoms with Crippen molar-refractivity contribution in [1.82, 2.24) is 20.4 Å². The van der Waals surface area contributed by atoms with E-state index in [1.165, 1.54) is 37.8 Å². The Morgan fingerprint density at radius 1 is 1.11 bits per heavy atom. The maximum atomic E-state index is 13.3. The molecule has 4 aliphatic rings. The van der Waals surface area contributed by atoms with Gasteiger partial charge in [-0.3, -0.25) is 14.5 Å². The highest BCUT2D eigenvalue weighted by atomic mass is 16.2. The summed E-state index contributed by atoms with van der Waals surface area (Å²) in [6, 6.07) is -0.0308. The summed E-state index contributed by atoms with van der Waals surface area (Å²) in [5.41, 5.74) is 1.33. The molecule has 5 atom stereocenters. The van der Waals surface area contributed by atoms with Gasteiger partial charge in [-0.25, -0.2) is 0 Å². The molecule has 3 aliphatic heterocycles. The zero-order valence-corrected chi connectivity index (χ0v) is 22.4. The Morgan fingerprint density at radius 3 is 2.54 bits per heavy atom. The van der Waals surface area contributed by atoms with Crippen molar-refractivity contribution in [3.05, 3.63) is 11.6 Å². The number of amides is 2. The first-order valence-electron chi connectivity index (χ1n) is 14.5. The Bertz CT molecular complexity index is 734. The summed E-state index contributed by atoms with van der Waals surface area (Å²) in [6.07, 6.45) is 11.9. The van der Waals surface area contributed by atoms with Gasteiger partial charge in [0, 0.05) is 45.6 Å². The topological polar surface area (TPSA) is 81.3 Å². The zero-order chi connectivity index (χ0) is 24.8. The Labute approximate surface area is 212 Å². The number of carbonyl (C=O) groups excluding carboxylic acids is 2. The van der Waals surface area contributed by atoms with Crippen LogP contribution < -0.4 is 16.0 Å². The van der Waals surface area contributed by atoms with Crippen LogP contribution in [0.25, 0.3) is 0 Å². The lowest BCUT2D eigenvalue weighted by molar-refractivity contribution is -0.717. The van der Waals surface area contributed by atoms with Crippen molar-refractivity contribution in [3.8, 4) is 0 Å². The lowest BCUT2D eigenvalue weighted by atomic mass is 9.69. The monoisotopic (exact) mass is 488 g/mol. The number of nitrogens with zero attached hydrogens (tertiary/aromatic N) is 2. The van der Waals surface area contributed by atoms with Gasteiger partial charge in [0.15, 0.2) is 0 Å². The SMILES string of the molecule is CC1=CC(CNC(=O)C2CCCCN2)C(C(C)C)CC1CC(=O)N1CCN(C2CCCC[NH2+]2)CC1. The van der Waals surface area contributed by atoms with Crippen LogP contribution in [-0.4, -0.2) is 79.6 Å². The molecule has 0 aromatic rings. The maximum Gasteiger partial charge on any atom is 0.237 e. The van der Waals surface area contributed by atoms with Crippen molar-refractivity contribution in [2.24, 2.45) is 23.7 Å². The molecule has 0 aromatic carbocycles. The van der Waals surface area contributed by atoms with Gasteiger partial charge in [0.05, 0.1) is 12.6 Å². The lowest BCUT2D eigenvalue weighted by Crippen LogP contribution is -2.95. The Kier molecular flexibility index (Phi) is 9.65. The molecule has 0 bridgehead atoms. The second-order valence-corrected chi connectivity index (χ2v) is 11.9. The van der Waals surface area contributed by atoms with Crippen molar-refractivity contribution >= 4 is 11.8 Å². The Balaban J connectivity index is 1.28. The summed E-state index contributed by atoms with van der Waals surface area (Å²) in [4.78, 5) is 30.6. The van der Waals surface area contributed by atoms with Gasteiger partial charge in [-0.05, 0) is 69.2 Å². The van der Waals surface area contributed by atoms with E-state index in [2.05, 4.69) is 52.6 Å². The van der Waals surface area contributed by atoms with E-state index in [4.69, 9.17) is 0 Å². The molecule has 0 saturated carbocycles. The number of nitrogens with one attached hydrogen (secondary N) is 2. The largest absolute Gasteiger partial charge is 0.354 e. The average molecular weight is 489 g/mol. The highest BCUT2D eigenvalue weighted by molar-refractivity contribution is 5.81. The minimum atomic E-state index is -0.0308. The normalized spacial score (nSPS) is 32.9. The number of allylic oxidation sites excluding steroid dienone is 1. The fourth-order valence-corrected chi connectivity index (χ4v) is 6.83. The van der Waals surface area contributed by atoms with Crippen LogP contribution >= 0.6 is 0 Å². The Morgan fingerprint density at radius 2 is 1.89 bits per heavy atom. The number of piperidine rings is 2. The number of hydrogen-bond donors (Lipinski definition) is 3. The molecule has 198 valence electrons. The van der Waals surface area contributed by atoms with Crippen molar-refractivity contribution in [1.29, 1.82) is 0 Å². The molecule has 0 spiro atoms. The summed E-state index contributed by atoms with van der Waals surface area (Å²) in [5, 5.41) is 9.09. The number of nitrogens with two attached hydrogens (primary N) is 1. The minimum absolute atomic E-state index is 0.0308. The number of rotatable bonds is 7. The number of quaternary nitrogens is 1. The molecular formula is C28H50N5O2+. The van der Waals surface area contributed by atoms with Crippen LogP contribution in [0.3, 0.4) is 0 Å². The van der Waals surface area contributed by atoms with Gasteiger partial charge in [-0.15, -0.1) is 0 Å². The molecule has 2 amide bonds. The molecule has 7 nitrogen and oxygen atoms in total. The minimum Gasteiger partial charge on any atom is -0.354 e. The van der Waals surface area contributed by atoms with E-state index in [1.807, 2.05) is 0 Å². The highest BCUT2D eigenvalue weighted by Crippen LogP contribution is 2.39. The smallest absolute Gasteiger partial charge is 0.237 e. The standard InChI is InChI=1S/C28H49N5O2/c1-20(2)24-17-22(21(3)16-23(24)19-31-28(35)25-8-4-6-10-29-25)18-27(34)33-14-12-32(13-15-33)26-9-5-7-11-30-26/h16,20,22-26,29-30H,4-15,17-19H2,1-3H3,(H,31,35)/p+1. The van der Waals surface area contributed by atoms with E-state index < -0.39 is 0 Å². The first kappa shape index (κ1) is 26.6. The molecule has 0 radical (unpaired) electrons. The van der Waals surface area contributed by atoms with Gasteiger partial charge in [0.25, 0.3) is 0 Å². The van der Waals surface area contributed by atoms with E-state index in [0.717, 1.165) is 52.0 Å². The quantitative estimate of drug-likeness (QED) is 0.477. The van der Waals surface area contributed by atoms with Gasteiger partial charge in [0.2, 0.25) is 11.8 Å². The van der Waals surface area contributed by atoms with Gasteiger partial charge in [-0.1, -0.05) is 31.9 Å². The molecule has 4 rings (SSSR count). The fourth-order valence-electron chi connectivity index (χ4n) is 6.83. The molecule has 3 saturated heterocycles. The van der Waals surface area contributed by atoms with Gasteiger partial charge >= 0.3 is 0 Å². The first-order valence-corrected chi connectivity index (χ1v) is 14.5. The van der Waals surface area contributed by atoms with Crippen LogP contribution in [0.15, 0.2) is 11.6 Å². The second-order valence-electron chi connectivity index (χ2n) is 11.9. The van der Waals surface area contributed by atoms with E-state index >= 15 is 0 Å². The second kappa shape index (κ2) is 12.7.